The molecule has 1 aromatic carbocycles. The van der Waals surface area contributed by atoms with Crippen molar-refractivity contribution in [3.05, 3.63) is 32.7 Å². The molecule has 0 unspecified atom stereocenters. The Bertz CT molecular complexity index is 459. The van der Waals surface area contributed by atoms with E-state index in [1.165, 1.54) is 0 Å². The molecule has 0 bridgehead atoms. The lowest BCUT2D eigenvalue weighted by atomic mass is 9.93. The normalized spacial score (nSPS) is 11.7. The highest BCUT2D eigenvalue weighted by molar-refractivity contribution is 9.11. The highest BCUT2D eigenvalue weighted by Gasteiger charge is 2.20. The number of halogens is 2. The van der Waals surface area contributed by atoms with Gasteiger partial charge in [-0.15, -0.1) is 0 Å². The van der Waals surface area contributed by atoms with Crippen LogP contribution in [0.15, 0.2) is 27.1 Å². The van der Waals surface area contributed by atoms with Crippen LogP contribution in [0, 0.1) is 5.41 Å². The van der Waals surface area contributed by atoms with Crippen molar-refractivity contribution < 1.29 is 4.79 Å². The Balaban J connectivity index is 2.65. The monoisotopic (exact) mass is 390 g/mol. The standard InChI is InChI=1S/C14H20Br2N2O/c1-14(2,9-18(3)4)8-17-13(19)11-6-5-10(15)7-12(11)16/h5-7H,8-9H2,1-4H3,(H,17,19). The minimum absolute atomic E-state index is 0.0427. The van der Waals surface area contributed by atoms with E-state index in [0.29, 0.717) is 12.1 Å². The largest absolute Gasteiger partial charge is 0.351 e. The summed E-state index contributed by atoms with van der Waals surface area (Å²) in [5.74, 6) is -0.0498. The smallest absolute Gasteiger partial charge is 0.252 e. The number of amides is 1. The number of carbonyl (C=O) groups is 1. The summed E-state index contributed by atoms with van der Waals surface area (Å²) in [7, 11) is 4.07. The molecule has 0 aliphatic rings. The van der Waals surface area contributed by atoms with E-state index in [2.05, 4.69) is 55.9 Å². The van der Waals surface area contributed by atoms with Gasteiger partial charge in [-0.3, -0.25) is 4.79 Å². The van der Waals surface area contributed by atoms with Gasteiger partial charge in [-0.05, 0) is 53.6 Å². The maximum Gasteiger partial charge on any atom is 0.252 e. The van der Waals surface area contributed by atoms with Gasteiger partial charge in [0.25, 0.3) is 5.91 Å². The van der Waals surface area contributed by atoms with Crippen molar-refractivity contribution in [2.75, 3.05) is 27.2 Å². The van der Waals surface area contributed by atoms with E-state index < -0.39 is 0 Å². The molecule has 5 heteroatoms. The van der Waals surface area contributed by atoms with Gasteiger partial charge in [0, 0.05) is 22.0 Å². The highest BCUT2D eigenvalue weighted by atomic mass is 79.9. The molecule has 3 nitrogen and oxygen atoms in total. The summed E-state index contributed by atoms with van der Waals surface area (Å²) in [5, 5.41) is 2.99. The molecule has 1 rings (SSSR count). The number of carbonyl (C=O) groups excluding carboxylic acids is 1. The number of hydrogen-bond acceptors (Lipinski definition) is 2. The molecule has 106 valence electrons. The zero-order valence-corrected chi connectivity index (χ0v) is 14.9. The summed E-state index contributed by atoms with van der Waals surface area (Å²) < 4.78 is 1.74. The van der Waals surface area contributed by atoms with Gasteiger partial charge in [0.15, 0.2) is 0 Å². The molecular weight excluding hydrogens is 372 g/mol. The van der Waals surface area contributed by atoms with Crippen LogP contribution in [-0.2, 0) is 0 Å². The predicted octanol–water partition coefficient (Wildman–Crippen LogP) is 3.53. The average molecular weight is 392 g/mol. The Hall–Kier alpha value is -0.390. The summed E-state index contributed by atoms with van der Waals surface area (Å²) in [6.45, 7) is 5.86. The van der Waals surface area contributed by atoms with Crippen molar-refractivity contribution >= 4 is 37.8 Å². The average Bonchev–Trinajstić information content (AvgIpc) is 2.24. The van der Waals surface area contributed by atoms with Crippen LogP contribution in [0.1, 0.15) is 24.2 Å². The predicted molar refractivity (Wildman–Crippen MR) is 86.5 cm³/mol. The lowest BCUT2D eigenvalue weighted by Crippen LogP contribution is -2.40. The van der Waals surface area contributed by atoms with Crippen molar-refractivity contribution in [2.24, 2.45) is 5.41 Å². The van der Waals surface area contributed by atoms with Gasteiger partial charge in [0.2, 0.25) is 0 Å². The second kappa shape index (κ2) is 6.86. The van der Waals surface area contributed by atoms with E-state index in [-0.39, 0.29) is 11.3 Å². The summed E-state index contributed by atoms with van der Waals surface area (Å²) in [6.07, 6.45) is 0. The zero-order chi connectivity index (χ0) is 14.6. The van der Waals surface area contributed by atoms with Crippen molar-refractivity contribution in [3.8, 4) is 0 Å². The van der Waals surface area contributed by atoms with E-state index in [0.717, 1.165) is 15.5 Å². The fourth-order valence-electron chi connectivity index (χ4n) is 2.00. The Morgan fingerprint density at radius 1 is 1.32 bits per heavy atom. The lowest BCUT2D eigenvalue weighted by Gasteiger charge is -2.28. The fourth-order valence-corrected chi connectivity index (χ4v) is 3.23. The third kappa shape index (κ3) is 5.63. The van der Waals surface area contributed by atoms with Crippen molar-refractivity contribution in [1.82, 2.24) is 10.2 Å². The van der Waals surface area contributed by atoms with Crippen LogP contribution < -0.4 is 5.32 Å². The van der Waals surface area contributed by atoms with E-state index in [1.54, 1.807) is 0 Å². The van der Waals surface area contributed by atoms with Gasteiger partial charge in [-0.25, -0.2) is 0 Å². The maximum absolute atomic E-state index is 12.1. The fraction of sp³-hybridized carbons (Fsp3) is 0.500. The van der Waals surface area contributed by atoms with Gasteiger partial charge in [0.1, 0.15) is 0 Å². The number of rotatable bonds is 5. The topological polar surface area (TPSA) is 32.3 Å². The summed E-state index contributed by atoms with van der Waals surface area (Å²) in [4.78, 5) is 14.3. The van der Waals surface area contributed by atoms with Crippen LogP contribution in [0.2, 0.25) is 0 Å². The quantitative estimate of drug-likeness (QED) is 0.832. The van der Waals surface area contributed by atoms with Gasteiger partial charge < -0.3 is 10.2 Å². The van der Waals surface area contributed by atoms with Crippen LogP contribution in [0.4, 0.5) is 0 Å². The number of nitrogens with one attached hydrogen (secondary N) is 1. The molecule has 19 heavy (non-hydrogen) atoms. The third-order valence-electron chi connectivity index (χ3n) is 2.65. The first-order valence-corrected chi connectivity index (χ1v) is 7.68. The second-order valence-electron chi connectivity index (χ2n) is 5.71. The molecule has 1 N–H and O–H groups in total. The summed E-state index contributed by atoms with van der Waals surface area (Å²) >= 11 is 6.79. The molecule has 0 spiro atoms. The first-order valence-electron chi connectivity index (χ1n) is 6.09. The number of nitrogens with zero attached hydrogens (tertiary/aromatic N) is 1. The van der Waals surface area contributed by atoms with Gasteiger partial charge in [0.05, 0.1) is 5.56 Å². The second-order valence-corrected chi connectivity index (χ2v) is 7.48. The molecular formula is C14H20Br2N2O. The summed E-state index contributed by atoms with van der Waals surface area (Å²) in [5.41, 5.74) is 0.699. The van der Waals surface area contributed by atoms with Crippen LogP contribution in [0.5, 0.6) is 0 Å². The molecule has 1 aromatic rings. The van der Waals surface area contributed by atoms with Crippen molar-refractivity contribution in [3.63, 3.8) is 0 Å². The van der Waals surface area contributed by atoms with Crippen LogP contribution in [0.25, 0.3) is 0 Å². The molecule has 0 saturated carbocycles. The molecule has 0 aliphatic carbocycles. The SMILES string of the molecule is CN(C)CC(C)(C)CNC(=O)c1ccc(Br)cc1Br. The number of benzene rings is 1. The maximum atomic E-state index is 12.1. The van der Waals surface area contributed by atoms with Gasteiger partial charge in [-0.1, -0.05) is 29.8 Å². The molecule has 0 heterocycles. The van der Waals surface area contributed by atoms with Crippen LogP contribution >= 0.6 is 31.9 Å². The lowest BCUT2D eigenvalue weighted by molar-refractivity contribution is 0.0928. The molecule has 0 radical (unpaired) electrons. The molecule has 0 atom stereocenters. The number of hydrogen-bond donors (Lipinski definition) is 1. The van der Waals surface area contributed by atoms with Crippen molar-refractivity contribution in [2.45, 2.75) is 13.8 Å². The molecule has 0 fully saturated rings. The minimum Gasteiger partial charge on any atom is -0.351 e. The first kappa shape index (κ1) is 16.7. The minimum atomic E-state index is -0.0498. The highest BCUT2D eigenvalue weighted by Crippen LogP contribution is 2.22. The molecule has 0 saturated heterocycles. The van der Waals surface area contributed by atoms with Gasteiger partial charge >= 0.3 is 0 Å². The Labute approximate surface area is 132 Å². The van der Waals surface area contributed by atoms with E-state index in [4.69, 9.17) is 0 Å². The molecule has 0 aromatic heterocycles. The first-order chi connectivity index (χ1) is 8.71. The summed E-state index contributed by atoms with van der Waals surface area (Å²) in [6, 6.07) is 5.55. The zero-order valence-electron chi connectivity index (χ0n) is 11.8. The molecule has 0 aliphatic heterocycles. The molecule has 1 amide bonds. The van der Waals surface area contributed by atoms with Crippen LogP contribution in [0.3, 0.4) is 0 Å². The Morgan fingerprint density at radius 2 is 1.95 bits per heavy atom. The van der Waals surface area contributed by atoms with E-state index in [9.17, 15) is 4.79 Å². The third-order valence-corrected chi connectivity index (χ3v) is 3.80. The van der Waals surface area contributed by atoms with Crippen LogP contribution in [-0.4, -0.2) is 38.0 Å². The Kier molecular flexibility index (Phi) is 6.02. The van der Waals surface area contributed by atoms with Crippen molar-refractivity contribution in [1.29, 1.82) is 0 Å². The van der Waals surface area contributed by atoms with E-state index in [1.807, 2.05) is 32.3 Å². The van der Waals surface area contributed by atoms with E-state index >= 15 is 0 Å². The van der Waals surface area contributed by atoms with Gasteiger partial charge in [-0.2, -0.15) is 0 Å². The Morgan fingerprint density at radius 3 is 2.47 bits per heavy atom.